The van der Waals surface area contributed by atoms with Crippen LogP contribution in [0, 0.1) is 0 Å². The highest BCUT2D eigenvalue weighted by molar-refractivity contribution is 5.67. The van der Waals surface area contributed by atoms with E-state index in [0.29, 0.717) is 6.61 Å². The first-order valence-electron chi connectivity index (χ1n) is 5.39. The molecule has 1 unspecified atom stereocenters. The predicted molar refractivity (Wildman–Crippen MR) is 64.1 cm³/mol. The van der Waals surface area contributed by atoms with E-state index in [4.69, 9.17) is 14.2 Å². The van der Waals surface area contributed by atoms with Crippen LogP contribution in [0.2, 0.25) is 0 Å². The third-order valence-electron chi connectivity index (χ3n) is 1.53. The number of carbonyl (C=O) groups excluding carboxylic acids is 1. The Labute approximate surface area is 102 Å². The summed E-state index contributed by atoms with van der Waals surface area (Å²) in [5.74, 6) is 0. The van der Waals surface area contributed by atoms with Crippen molar-refractivity contribution in [2.24, 2.45) is 0 Å². The van der Waals surface area contributed by atoms with Gasteiger partial charge < -0.3 is 19.6 Å². The van der Waals surface area contributed by atoms with Crippen molar-refractivity contribution < 1.29 is 19.0 Å². The summed E-state index contributed by atoms with van der Waals surface area (Å²) in [6.45, 7) is 7.56. The van der Waals surface area contributed by atoms with Gasteiger partial charge in [-0.3, -0.25) is 0 Å². The van der Waals surface area contributed by atoms with Gasteiger partial charge in [-0.05, 0) is 33.8 Å². The first-order chi connectivity index (χ1) is 7.85. The first-order valence-corrected chi connectivity index (χ1v) is 5.39. The average molecular weight is 246 g/mol. The molecule has 0 rings (SSSR count). The SMILES string of the molecule is COC(C)OC/C=C\NNC(=O)OC(C)(C)C. The third-order valence-corrected chi connectivity index (χ3v) is 1.53. The number of hydrogen-bond donors (Lipinski definition) is 2. The van der Waals surface area contributed by atoms with Gasteiger partial charge >= 0.3 is 6.09 Å². The van der Waals surface area contributed by atoms with Crippen molar-refractivity contribution >= 4 is 6.09 Å². The smallest absolute Gasteiger partial charge is 0.426 e. The minimum atomic E-state index is -0.534. The fourth-order valence-corrected chi connectivity index (χ4v) is 0.770. The van der Waals surface area contributed by atoms with Gasteiger partial charge in [0, 0.05) is 13.3 Å². The van der Waals surface area contributed by atoms with Gasteiger partial charge in [0.2, 0.25) is 0 Å². The zero-order valence-corrected chi connectivity index (χ0v) is 11.1. The number of hydrogen-bond acceptors (Lipinski definition) is 5. The molecule has 0 fully saturated rings. The second-order valence-electron chi connectivity index (χ2n) is 4.31. The highest BCUT2D eigenvalue weighted by Gasteiger charge is 2.15. The largest absolute Gasteiger partial charge is 0.443 e. The van der Waals surface area contributed by atoms with Crippen LogP contribution in [0.3, 0.4) is 0 Å². The molecular weight excluding hydrogens is 224 g/mol. The summed E-state index contributed by atoms with van der Waals surface area (Å²) in [7, 11) is 1.57. The Morgan fingerprint density at radius 2 is 2.06 bits per heavy atom. The van der Waals surface area contributed by atoms with Crippen LogP contribution in [0.15, 0.2) is 12.3 Å². The second kappa shape index (κ2) is 7.92. The van der Waals surface area contributed by atoms with Gasteiger partial charge in [0.1, 0.15) is 5.60 Å². The van der Waals surface area contributed by atoms with E-state index in [1.54, 1.807) is 47.1 Å². The fourth-order valence-electron chi connectivity index (χ4n) is 0.770. The fraction of sp³-hybridized carbons (Fsp3) is 0.727. The number of amides is 1. The molecule has 0 aromatic rings. The maximum Gasteiger partial charge on any atom is 0.426 e. The van der Waals surface area contributed by atoms with Crippen molar-refractivity contribution in [3.05, 3.63) is 12.3 Å². The van der Waals surface area contributed by atoms with Gasteiger partial charge in [-0.2, -0.15) is 0 Å². The molecule has 0 saturated carbocycles. The minimum Gasteiger partial charge on any atom is -0.443 e. The van der Waals surface area contributed by atoms with Gasteiger partial charge in [-0.25, -0.2) is 10.2 Å². The topological polar surface area (TPSA) is 68.8 Å². The van der Waals surface area contributed by atoms with E-state index in [-0.39, 0.29) is 6.29 Å². The Balaban J connectivity index is 3.56. The van der Waals surface area contributed by atoms with Crippen LogP contribution in [0.5, 0.6) is 0 Å². The number of ether oxygens (including phenoxy) is 3. The molecule has 0 bridgehead atoms. The third kappa shape index (κ3) is 11.0. The zero-order valence-electron chi connectivity index (χ0n) is 11.1. The number of nitrogens with one attached hydrogen (secondary N) is 2. The van der Waals surface area contributed by atoms with E-state index in [9.17, 15) is 4.79 Å². The van der Waals surface area contributed by atoms with Crippen molar-refractivity contribution in [1.29, 1.82) is 0 Å². The summed E-state index contributed by atoms with van der Waals surface area (Å²) < 4.78 is 15.1. The summed E-state index contributed by atoms with van der Waals surface area (Å²) in [5, 5.41) is 0. The molecule has 1 amide bonds. The maximum atomic E-state index is 11.2. The Morgan fingerprint density at radius 1 is 1.41 bits per heavy atom. The van der Waals surface area contributed by atoms with Gasteiger partial charge in [-0.15, -0.1) is 0 Å². The van der Waals surface area contributed by atoms with Gasteiger partial charge in [0.05, 0.1) is 6.61 Å². The molecule has 0 aliphatic heterocycles. The average Bonchev–Trinajstić information content (AvgIpc) is 2.20. The van der Waals surface area contributed by atoms with Crippen LogP contribution in [-0.4, -0.2) is 31.7 Å². The Morgan fingerprint density at radius 3 is 2.59 bits per heavy atom. The van der Waals surface area contributed by atoms with Gasteiger partial charge in [-0.1, -0.05) is 0 Å². The molecule has 100 valence electrons. The number of carbonyl (C=O) groups is 1. The summed E-state index contributed by atoms with van der Waals surface area (Å²) in [4.78, 5) is 11.2. The molecule has 0 aliphatic carbocycles. The Kier molecular flexibility index (Phi) is 7.32. The second-order valence-corrected chi connectivity index (χ2v) is 4.31. The molecular formula is C11H22N2O4. The molecule has 2 N–H and O–H groups in total. The van der Waals surface area contributed by atoms with Gasteiger partial charge in [0.15, 0.2) is 6.29 Å². The lowest BCUT2D eigenvalue weighted by Gasteiger charge is -2.19. The molecule has 6 heteroatoms. The molecule has 0 aromatic carbocycles. The first kappa shape index (κ1) is 15.7. The summed E-state index contributed by atoms with van der Waals surface area (Å²) in [5.41, 5.74) is 4.42. The lowest BCUT2D eigenvalue weighted by Crippen LogP contribution is -2.38. The summed E-state index contributed by atoms with van der Waals surface area (Å²) in [6.07, 6.45) is 2.46. The van der Waals surface area contributed by atoms with Crippen molar-refractivity contribution in [3.8, 4) is 0 Å². The van der Waals surface area contributed by atoms with Crippen LogP contribution in [0.25, 0.3) is 0 Å². The lowest BCUT2D eigenvalue weighted by atomic mass is 10.2. The molecule has 0 radical (unpaired) electrons. The van der Waals surface area contributed by atoms with E-state index in [1.165, 1.54) is 0 Å². The maximum absolute atomic E-state index is 11.2. The molecule has 0 aromatic heterocycles. The van der Waals surface area contributed by atoms with E-state index >= 15 is 0 Å². The van der Waals surface area contributed by atoms with E-state index in [1.807, 2.05) is 0 Å². The minimum absolute atomic E-state index is 0.251. The monoisotopic (exact) mass is 246 g/mol. The van der Waals surface area contributed by atoms with Crippen LogP contribution < -0.4 is 10.9 Å². The molecule has 17 heavy (non-hydrogen) atoms. The van der Waals surface area contributed by atoms with E-state index in [0.717, 1.165) is 0 Å². The Hall–Kier alpha value is -1.27. The summed E-state index contributed by atoms with van der Waals surface area (Å²) in [6, 6.07) is 0. The molecule has 1 atom stereocenters. The quantitative estimate of drug-likeness (QED) is 0.549. The molecule has 6 nitrogen and oxygen atoms in total. The summed E-state index contributed by atoms with van der Waals surface area (Å²) >= 11 is 0. The standard InChI is InChI=1S/C11H22N2O4/c1-9(15-5)16-8-6-7-12-13-10(14)17-11(2,3)4/h6-7,9,12H,8H2,1-5H3,(H,13,14)/b7-6-. The number of rotatable bonds is 6. The van der Waals surface area contributed by atoms with E-state index in [2.05, 4.69) is 10.9 Å². The van der Waals surface area contributed by atoms with Crippen LogP contribution in [0.1, 0.15) is 27.7 Å². The van der Waals surface area contributed by atoms with Gasteiger partial charge in [0.25, 0.3) is 0 Å². The zero-order chi connectivity index (χ0) is 13.3. The van der Waals surface area contributed by atoms with Crippen LogP contribution in [-0.2, 0) is 14.2 Å². The number of methoxy groups -OCH3 is 1. The highest BCUT2D eigenvalue weighted by Crippen LogP contribution is 2.05. The van der Waals surface area contributed by atoms with E-state index < -0.39 is 11.7 Å². The molecule has 0 heterocycles. The highest BCUT2D eigenvalue weighted by atomic mass is 16.7. The van der Waals surface area contributed by atoms with Crippen LogP contribution in [0.4, 0.5) is 4.79 Å². The van der Waals surface area contributed by atoms with Crippen molar-refractivity contribution in [1.82, 2.24) is 10.9 Å². The lowest BCUT2D eigenvalue weighted by molar-refractivity contribution is -0.101. The van der Waals surface area contributed by atoms with Crippen molar-refractivity contribution in [2.75, 3.05) is 13.7 Å². The normalized spacial score (nSPS) is 13.5. The molecule has 0 saturated heterocycles. The van der Waals surface area contributed by atoms with Crippen molar-refractivity contribution in [3.63, 3.8) is 0 Å². The Bertz CT molecular complexity index is 248. The predicted octanol–water partition coefficient (Wildman–Crippen LogP) is 1.54. The van der Waals surface area contributed by atoms with Crippen molar-refractivity contribution in [2.45, 2.75) is 39.6 Å². The van der Waals surface area contributed by atoms with Crippen LogP contribution >= 0.6 is 0 Å². The number of hydrazine groups is 1. The molecule has 0 aliphatic rings. The molecule has 0 spiro atoms.